The van der Waals surface area contributed by atoms with Crippen LogP contribution >= 0.6 is 0 Å². The summed E-state index contributed by atoms with van der Waals surface area (Å²) in [5, 5.41) is 0.00246. The van der Waals surface area contributed by atoms with E-state index in [-0.39, 0.29) is 17.1 Å². The van der Waals surface area contributed by atoms with Crippen LogP contribution in [0.4, 0.5) is 0 Å². The van der Waals surface area contributed by atoms with Crippen molar-refractivity contribution in [1.82, 2.24) is 4.31 Å². The van der Waals surface area contributed by atoms with Crippen LogP contribution < -0.4 is 5.73 Å². The lowest BCUT2D eigenvalue weighted by Crippen LogP contribution is -2.40. The normalized spacial score (nSPS) is 21.1. The summed E-state index contributed by atoms with van der Waals surface area (Å²) in [7, 11) is -3.49. The summed E-state index contributed by atoms with van der Waals surface area (Å²) < 4.78 is 31.4. The largest absolute Gasteiger partial charge is 0.447 e. The molecule has 1 saturated heterocycles. The summed E-state index contributed by atoms with van der Waals surface area (Å²) in [4.78, 5) is 0. The van der Waals surface area contributed by atoms with Crippen LogP contribution in [0, 0.1) is 5.41 Å². The van der Waals surface area contributed by atoms with Crippen LogP contribution in [0.25, 0.3) is 0 Å². The maximum absolute atomic E-state index is 12.3. The Balaban J connectivity index is 2.17. The lowest BCUT2D eigenvalue weighted by atomic mass is 9.83. The van der Waals surface area contributed by atoms with Crippen LogP contribution in [0.5, 0.6) is 0 Å². The number of furan rings is 1. The molecule has 18 heavy (non-hydrogen) atoms. The fraction of sp³-hybridized carbons (Fsp3) is 0.667. The van der Waals surface area contributed by atoms with Gasteiger partial charge in [0.05, 0.1) is 6.54 Å². The molecule has 0 saturated carbocycles. The van der Waals surface area contributed by atoms with Gasteiger partial charge in [-0.05, 0) is 30.4 Å². The summed E-state index contributed by atoms with van der Waals surface area (Å²) in [5.41, 5.74) is 5.64. The van der Waals surface area contributed by atoms with Crippen LogP contribution in [0.15, 0.2) is 21.6 Å². The van der Waals surface area contributed by atoms with Crippen LogP contribution in [0.1, 0.15) is 32.4 Å². The molecular weight excluding hydrogens is 252 g/mol. The van der Waals surface area contributed by atoms with Gasteiger partial charge in [-0.3, -0.25) is 0 Å². The van der Waals surface area contributed by atoms with Crippen molar-refractivity contribution in [3.63, 3.8) is 0 Å². The topological polar surface area (TPSA) is 76.5 Å². The Labute approximate surface area is 108 Å². The summed E-state index contributed by atoms with van der Waals surface area (Å²) in [5.74, 6) is 0.492. The molecule has 1 aromatic heterocycles. The van der Waals surface area contributed by atoms with Crippen molar-refractivity contribution in [2.75, 3.05) is 13.1 Å². The molecule has 0 radical (unpaired) electrons. The zero-order valence-corrected chi connectivity index (χ0v) is 11.7. The third-order valence-corrected chi connectivity index (χ3v) is 5.28. The van der Waals surface area contributed by atoms with E-state index in [1.165, 1.54) is 10.4 Å². The van der Waals surface area contributed by atoms with E-state index in [2.05, 4.69) is 13.8 Å². The fourth-order valence-electron chi connectivity index (χ4n) is 2.07. The van der Waals surface area contributed by atoms with Gasteiger partial charge in [0.1, 0.15) is 5.76 Å². The van der Waals surface area contributed by atoms with Crippen molar-refractivity contribution in [3.8, 4) is 0 Å². The molecule has 0 aromatic carbocycles. The van der Waals surface area contributed by atoms with Gasteiger partial charge in [-0.2, -0.15) is 4.31 Å². The number of hydrogen-bond acceptors (Lipinski definition) is 4. The second kappa shape index (κ2) is 4.68. The zero-order chi connectivity index (χ0) is 13.4. The average Bonchev–Trinajstić information content (AvgIpc) is 2.77. The van der Waals surface area contributed by atoms with Crippen molar-refractivity contribution in [3.05, 3.63) is 17.9 Å². The Morgan fingerprint density at radius 2 is 1.94 bits per heavy atom. The van der Waals surface area contributed by atoms with E-state index >= 15 is 0 Å². The number of piperidine rings is 1. The molecule has 0 aliphatic carbocycles. The molecule has 1 aromatic rings. The molecule has 0 amide bonds. The highest BCUT2D eigenvalue weighted by molar-refractivity contribution is 7.89. The van der Waals surface area contributed by atoms with Crippen LogP contribution in [-0.4, -0.2) is 25.8 Å². The molecule has 0 unspecified atom stereocenters. The maximum atomic E-state index is 12.3. The quantitative estimate of drug-likeness (QED) is 0.905. The number of hydrogen-bond donors (Lipinski definition) is 1. The highest BCUT2D eigenvalue weighted by Gasteiger charge is 2.34. The van der Waals surface area contributed by atoms with E-state index in [0.29, 0.717) is 18.8 Å². The van der Waals surface area contributed by atoms with Crippen LogP contribution in [0.2, 0.25) is 0 Å². The maximum Gasteiger partial charge on any atom is 0.276 e. The monoisotopic (exact) mass is 272 g/mol. The van der Waals surface area contributed by atoms with Crippen molar-refractivity contribution < 1.29 is 12.8 Å². The predicted octanol–water partition coefficient (Wildman–Crippen LogP) is 1.55. The highest BCUT2D eigenvalue weighted by atomic mass is 32.2. The Kier molecular flexibility index (Phi) is 3.53. The Hall–Kier alpha value is -0.850. The predicted molar refractivity (Wildman–Crippen MR) is 68.4 cm³/mol. The van der Waals surface area contributed by atoms with Gasteiger partial charge in [-0.1, -0.05) is 13.8 Å². The van der Waals surface area contributed by atoms with Crippen molar-refractivity contribution >= 4 is 10.0 Å². The first-order valence-electron chi connectivity index (χ1n) is 6.14. The number of sulfonamides is 1. The highest BCUT2D eigenvalue weighted by Crippen LogP contribution is 2.32. The molecule has 0 spiro atoms. The summed E-state index contributed by atoms with van der Waals surface area (Å²) in [6.07, 6.45) is 1.74. The first kappa shape index (κ1) is 13.6. The zero-order valence-electron chi connectivity index (χ0n) is 10.8. The molecule has 1 fully saturated rings. The van der Waals surface area contributed by atoms with Gasteiger partial charge in [0.15, 0.2) is 0 Å². The van der Waals surface area contributed by atoms with Gasteiger partial charge in [0.25, 0.3) is 10.0 Å². The van der Waals surface area contributed by atoms with Crippen molar-refractivity contribution in [2.45, 2.75) is 38.3 Å². The minimum atomic E-state index is -3.49. The Morgan fingerprint density at radius 3 is 2.44 bits per heavy atom. The van der Waals surface area contributed by atoms with Crippen LogP contribution in [0.3, 0.4) is 0 Å². The van der Waals surface area contributed by atoms with E-state index < -0.39 is 10.0 Å². The first-order valence-corrected chi connectivity index (χ1v) is 7.58. The summed E-state index contributed by atoms with van der Waals surface area (Å²) in [6, 6.07) is 3.10. The number of rotatable bonds is 3. The summed E-state index contributed by atoms with van der Waals surface area (Å²) in [6.45, 7) is 5.64. The smallest absolute Gasteiger partial charge is 0.276 e. The third-order valence-electron chi connectivity index (χ3n) is 3.51. The molecule has 0 bridgehead atoms. The van der Waals surface area contributed by atoms with Crippen LogP contribution in [-0.2, 0) is 16.6 Å². The SMILES string of the molecule is CC1(C)CCN(S(=O)(=O)c2ccc(CN)o2)CC1. The van der Waals surface area contributed by atoms with Gasteiger partial charge in [0, 0.05) is 13.1 Å². The number of nitrogens with zero attached hydrogens (tertiary/aromatic N) is 1. The van der Waals surface area contributed by atoms with E-state index in [0.717, 1.165) is 12.8 Å². The number of nitrogens with two attached hydrogens (primary N) is 1. The van der Waals surface area contributed by atoms with Gasteiger partial charge in [-0.15, -0.1) is 0 Å². The fourth-order valence-corrected chi connectivity index (χ4v) is 3.44. The minimum absolute atomic E-state index is 0.00246. The van der Waals surface area contributed by atoms with Gasteiger partial charge < -0.3 is 10.2 Å². The molecule has 2 heterocycles. The molecule has 5 nitrogen and oxygen atoms in total. The molecule has 1 aliphatic rings. The lowest BCUT2D eigenvalue weighted by molar-refractivity contribution is 0.193. The standard InChI is InChI=1S/C12H20N2O3S/c1-12(2)5-7-14(8-6-12)18(15,16)11-4-3-10(9-13)17-11/h3-4H,5-9,13H2,1-2H3. The van der Waals surface area contributed by atoms with Gasteiger partial charge in [-0.25, -0.2) is 8.42 Å². The van der Waals surface area contributed by atoms with E-state index in [4.69, 9.17) is 10.2 Å². The summed E-state index contributed by atoms with van der Waals surface area (Å²) >= 11 is 0. The van der Waals surface area contributed by atoms with E-state index in [1.54, 1.807) is 6.07 Å². The van der Waals surface area contributed by atoms with E-state index in [1.807, 2.05) is 0 Å². The molecule has 6 heteroatoms. The second-order valence-corrected chi connectivity index (χ2v) is 7.36. The molecule has 2 rings (SSSR count). The Bertz CT molecular complexity index is 509. The van der Waals surface area contributed by atoms with Crippen molar-refractivity contribution in [2.24, 2.45) is 11.1 Å². The molecule has 1 aliphatic heterocycles. The molecule has 102 valence electrons. The van der Waals surface area contributed by atoms with Gasteiger partial charge >= 0.3 is 0 Å². The van der Waals surface area contributed by atoms with Gasteiger partial charge in [0.2, 0.25) is 5.09 Å². The molecule has 2 N–H and O–H groups in total. The van der Waals surface area contributed by atoms with E-state index in [9.17, 15) is 8.42 Å². The third kappa shape index (κ3) is 2.60. The Morgan fingerprint density at radius 1 is 1.33 bits per heavy atom. The molecular formula is C12H20N2O3S. The average molecular weight is 272 g/mol. The second-order valence-electron chi connectivity index (χ2n) is 5.49. The lowest BCUT2D eigenvalue weighted by Gasteiger charge is -2.35. The van der Waals surface area contributed by atoms with Crippen molar-refractivity contribution in [1.29, 1.82) is 0 Å². The first-order chi connectivity index (χ1) is 8.35. The minimum Gasteiger partial charge on any atom is -0.447 e. The molecule has 0 atom stereocenters.